The molecule has 0 aliphatic heterocycles. The van der Waals surface area contributed by atoms with E-state index < -0.39 is 11.7 Å². The number of halogens is 3. The minimum Gasteiger partial charge on any atom is -0.397 e. The molecule has 2 aromatic rings. The van der Waals surface area contributed by atoms with Crippen LogP contribution < -0.4 is 11.1 Å². The summed E-state index contributed by atoms with van der Waals surface area (Å²) in [7, 11) is 0. The van der Waals surface area contributed by atoms with Gasteiger partial charge in [0.1, 0.15) is 5.82 Å². The van der Waals surface area contributed by atoms with Crippen molar-refractivity contribution in [2.24, 2.45) is 0 Å². The third-order valence-electron chi connectivity index (χ3n) is 2.88. The molecule has 2 rings (SSSR count). The Morgan fingerprint density at radius 1 is 1.10 bits per heavy atom. The van der Waals surface area contributed by atoms with Gasteiger partial charge in [-0.15, -0.1) is 0 Å². The van der Waals surface area contributed by atoms with Crippen LogP contribution in [0.1, 0.15) is 16.8 Å². The number of benzene rings is 1. The Morgan fingerprint density at radius 2 is 1.75 bits per heavy atom. The summed E-state index contributed by atoms with van der Waals surface area (Å²) in [6.07, 6.45) is -4.30. The van der Waals surface area contributed by atoms with Crippen molar-refractivity contribution in [3.8, 4) is 0 Å². The van der Waals surface area contributed by atoms with E-state index in [1.54, 1.807) is 19.1 Å². The van der Waals surface area contributed by atoms with Gasteiger partial charge in [-0.2, -0.15) is 13.2 Å². The largest absolute Gasteiger partial charge is 0.416 e. The quantitative estimate of drug-likeness (QED) is 0.903. The molecule has 106 valence electrons. The van der Waals surface area contributed by atoms with E-state index >= 15 is 0 Å². The molecule has 0 amide bonds. The minimum absolute atomic E-state index is 0.397. The van der Waals surface area contributed by atoms with Gasteiger partial charge < -0.3 is 11.1 Å². The van der Waals surface area contributed by atoms with Gasteiger partial charge in [0.05, 0.1) is 16.9 Å². The molecule has 0 atom stereocenters. The lowest BCUT2D eigenvalue weighted by Crippen LogP contribution is -2.06. The Labute approximate surface area is 114 Å². The van der Waals surface area contributed by atoms with E-state index in [0.29, 0.717) is 23.7 Å². The van der Waals surface area contributed by atoms with Crippen molar-refractivity contribution < 1.29 is 13.2 Å². The monoisotopic (exact) mass is 281 g/mol. The number of aromatic nitrogens is 1. The Balaban J connectivity index is 2.02. The first-order chi connectivity index (χ1) is 9.36. The van der Waals surface area contributed by atoms with Crippen LogP contribution in [0.4, 0.5) is 24.7 Å². The number of nitrogen functional groups attached to an aromatic ring is 1. The van der Waals surface area contributed by atoms with Gasteiger partial charge in [0, 0.05) is 6.54 Å². The zero-order valence-electron chi connectivity index (χ0n) is 10.8. The molecular weight excluding hydrogens is 267 g/mol. The van der Waals surface area contributed by atoms with Gasteiger partial charge >= 0.3 is 6.18 Å². The lowest BCUT2D eigenvalue weighted by atomic mass is 10.1. The summed E-state index contributed by atoms with van der Waals surface area (Å²) in [5.41, 5.74) is 7.06. The molecule has 0 bridgehead atoms. The Hall–Kier alpha value is -2.24. The van der Waals surface area contributed by atoms with Crippen LogP contribution in [-0.2, 0) is 12.7 Å². The first kappa shape index (κ1) is 14.2. The van der Waals surface area contributed by atoms with E-state index in [2.05, 4.69) is 10.3 Å². The molecule has 3 nitrogen and oxygen atoms in total. The van der Waals surface area contributed by atoms with E-state index in [1.165, 1.54) is 12.1 Å². The predicted molar refractivity (Wildman–Crippen MR) is 72.2 cm³/mol. The second kappa shape index (κ2) is 5.40. The molecule has 0 unspecified atom stereocenters. The first-order valence-corrected chi connectivity index (χ1v) is 5.99. The van der Waals surface area contributed by atoms with Crippen LogP contribution in [0, 0.1) is 6.92 Å². The second-order valence-corrected chi connectivity index (χ2v) is 4.42. The average Bonchev–Trinajstić information content (AvgIpc) is 2.40. The Morgan fingerprint density at radius 3 is 2.30 bits per heavy atom. The number of aryl methyl sites for hydroxylation is 1. The van der Waals surface area contributed by atoms with Gasteiger partial charge in [0.2, 0.25) is 0 Å². The van der Waals surface area contributed by atoms with Crippen LogP contribution in [0.5, 0.6) is 0 Å². The lowest BCUT2D eigenvalue weighted by Gasteiger charge is -2.09. The molecule has 0 fully saturated rings. The van der Waals surface area contributed by atoms with E-state index in [9.17, 15) is 13.2 Å². The second-order valence-electron chi connectivity index (χ2n) is 4.42. The summed E-state index contributed by atoms with van der Waals surface area (Å²) in [5.74, 6) is 0.636. The molecule has 0 saturated carbocycles. The highest BCUT2D eigenvalue weighted by atomic mass is 19.4. The topological polar surface area (TPSA) is 50.9 Å². The molecule has 1 heterocycles. The number of anilines is 2. The van der Waals surface area contributed by atoms with Crippen LogP contribution in [0.3, 0.4) is 0 Å². The summed E-state index contributed by atoms with van der Waals surface area (Å²) in [6, 6.07) is 8.49. The number of nitrogens with two attached hydrogens (primary N) is 1. The zero-order chi connectivity index (χ0) is 14.8. The fourth-order valence-electron chi connectivity index (χ4n) is 1.67. The zero-order valence-corrected chi connectivity index (χ0v) is 10.8. The van der Waals surface area contributed by atoms with Crippen molar-refractivity contribution in [3.05, 3.63) is 53.2 Å². The van der Waals surface area contributed by atoms with Crippen molar-refractivity contribution in [1.82, 2.24) is 4.98 Å². The van der Waals surface area contributed by atoms with Crippen molar-refractivity contribution in [2.75, 3.05) is 11.1 Å². The van der Waals surface area contributed by atoms with E-state index in [-0.39, 0.29) is 0 Å². The highest BCUT2D eigenvalue weighted by Crippen LogP contribution is 2.29. The lowest BCUT2D eigenvalue weighted by molar-refractivity contribution is -0.137. The molecule has 1 aromatic carbocycles. The summed E-state index contributed by atoms with van der Waals surface area (Å²) in [5, 5.41) is 3.04. The number of hydrogen-bond acceptors (Lipinski definition) is 3. The summed E-state index contributed by atoms with van der Waals surface area (Å²) >= 11 is 0. The van der Waals surface area contributed by atoms with Gasteiger partial charge in [-0.1, -0.05) is 12.1 Å². The fourth-order valence-corrected chi connectivity index (χ4v) is 1.67. The molecular formula is C14H14F3N3. The molecule has 3 N–H and O–H groups in total. The molecule has 20 heavy (non-hydrogen) atoms. The van der Waals surface area contributed by atoms with Crippen molar-refractivity contribution in [1.29, 1.82) is 0 Å². The highest BCUT2D eigenvalue weighted by molar-refractivity contribution is 5.49. The standard InChI is InChI=1S/C14H14F3N3/c1-9-12(18)6-7-13(20-9)19-8-10-2-4-11(5-3-10)14(15,16)17/h2-7H,8,18H2,1H3,(H,19,20). The maximum absolute atomic E-state index is 12.4. The molecule has 1 aromatic heterocycles. The highest BCUT2D eigenvalue weighted by Gasteiger charge is 2.29. The number of nitrogens with zero attached hydrogens (tertiary/aromatic N) is 1. The Bertz CT molecular complexity index is 592. The molecule has 0 aliphatic carbocycles. The van der Waals surface area contributed by atoms with Crippen molar-refractivity contribution in [3.63, 3.8) is 0 Å². The number of rotatable bonds is 3. The van der Waals surface area contributed by atoms with Crippen LogP contribution >= 0.6 is 0 Å². The fraction of sp³-hybridized carbons (Fsp3) is 0.214. The smallest absolute Gasteiger partial charge is 0.397 e. The summed E-state index contributed by atoms with van der Waals surface area (Å²) < 4.78 is 37.2. The molecule has 0 radical (unpaired) electrons. The van der Waals surface area contributed by atoms with Gasteiger partial charge in [0.25, 0.3) is 0 Å². The minimum atomic E-state index is -4.30. The maximum Gasteiger partial charge on any atom is 0.416 e. The first-order valence-electron chi connectivity index (χ1n) is 5.99. The summed E-state index contributed by atoms with van der Waals surface area (Å²) in [6.45, 7) is 2.19. The van der Waals surface area contributed by atoms with E-state index in [0.717, 1.165) is 17.7 Å². The average molecular weight is 281 g/mol. The predicted octanol–water partition coefficient (Wildman–Crippen LogP) is 3.60. The number of pyridine rings is 1. The Kier molecular flexibility index (Phi) is 3.83. The van der Waals surface area contributed by atoms with E-state index in [4.69, 9.17) is 5.73 Å². The normalized spacial score (nSPS) is 11.4. The van der Waals surface area contributed by atoms with Crippen molar-refractivity contribution >= 4 is 11.5 Å². The third-order valence-corrected chi connectivity index (χ3v) is 2.88. The SMILES string of the molecule is Cc1nc(NCc2ccc(C(F)(F)F)cc2)ccc1N. The molecule has 0 aliphatic rings. The third kappa shape index (κ3) is 3.40. The van der Waals surface area contributed by atoms with Crippen LogP contribution in [0.2, 0.25) is 0 Å². The number of alkyl halides is 3. The van der Waals surface area contributed by atoms with Crippen LogP contribution in [0.15, 0.2) is 36.4 Å². The molecule has 0 spiro atoms. The van der Waals surface area contributed by atoms with Gasteiger partial charge in [-0.25, -0.2) is 4.98 Å². The summed E-state index contributed by atoms with van der Waals surface area (Å²) in [4.78, 5) is 4.23. The van der Waals surface area contributed by atoms with Crippen LogP contribution in [-0.4, -0.2) is 4.98 Å². The number of nitrogens with one attached hydrogen (secondary N) is 1. The number of hydrogen-bond donors (Lipinski definition) is 2. The van der Waals surface area contributed by atoms with Gasteiger partial charge in [0.15, 0.2) is 0 Å². The molecule has 0 saturated heterocycles. The van der Waals surface area contributed by atoms with E-state index in [1.807, 2.05) is 0 Å². The van der Waals surface area contributed by atoms with Gasteiger partial charge in [-0.05, 0) is 36.8 Å². The van der Waals surface area contributed by atoms with Crippen LogP contribution in [0.25, 0.3) is 0 Å². The van der Waals surface area contributed by atoms with Gasteiger partial charge in [-0.3, -0.25) is 0 Å². The van der Waals surface area contributed by atoms with Crippen molar-refractivity contribution in [2.45, 2.75) is 19.6 Å². The maximum atomic E-state index is 12.4. The molecule has 6 heteroatoms.